The molecule has 13 heteroatoms. The molecule has 0 aliphatic heterocycles. The van der Waals surface area contributed by atoms with E-state index in [9.17, 15) is 38.6 Å². The molecule has 0 spiro atoms. The third kappa shape index (κ3) is 4.27. The number of hydrogen-bond donors (Lipinski definition) is 0. The van der Waals surface area contributed by atoms with Crippen LogP contribution in [0.25, 0.3) is 52.9 Å². The van der Waals surface area contributed by atoms with Gasteiger partial charge in [-0.2, -0.15) is 10.5 Å². The summed E-state index contributed by atoms with van der Waals surface area (Å²) in [5.41, 5.74) is -8.82. The predicted octanol–water partition coefficient (Wildman–Crippen LogP) is 8.36. The Kier molecular flexibility index (Phi) is 7.41. The Hall–Kier alpha value is -7.81. The summed E-state index contributed by atoms with van der Waals surface area (Å²) >= 11 is 0. The Morgan fingerprint density at radius 3 is 1.68 bits per heavy atom. The van der Waals surface area contributed by atoms with Gasteiger partial charge in [0.1, 0.15) is 17.7 Å². The van der Waals surface area contributed by atoms with Gasteiger partial charge in [0.2, 0.25) is 5.70 Å². The van der Waals surface area contributed by atoms with Crippen molar-refractivity contribution >= 4 is 39.2 Å². The lowest BCUT2D eigenvalue weighted by Gasteiger charge is -2.14. The Labute approximate surface area is 261 Å². The lowest BCUT2D eigenvalue weighted by molar-refractivity contribution is 0.508. The average molecular weight is 620 g/mol. The first-order chi connectivity index (χ1) is 22.6. The molecule has 5 rings (SSSR count). The quantitative estimate of drug-likeness (QED) is 0.163. The van der Waals surface area contributed by atoms with Crippen LogP contribution in [0, 0.1) is 101 Å². The minimum atomic E-state index is -1.48. The van der Waals surface area contributed by atoms with Gasteiger partial charge in [0, 0.05) is 27.8 Å². The first kappa shape index (κ1) is 30.6. The fourth-order valence-corrected chi connectivity index (χ4v) is 5.47. The van der Waals surface area contributed by atoms with Gasteiger partial charge in [-0.25, -0.2) is 51.9 Å². The normalized spacial score (nSPS) is 14.7. The fourth-order valence-electron chi connectivity index (χ4n) is 5.47. The molecule has 8 nitrogen and oxygen atoms in total. The maximum absolute atomic E-state index is 17.0. The van der Waals surface area contributed by atoms with E-state index in [1.807, 2.05) is 0 Å². The molecule has 216 valence electrons. The van der Waals surface area contributed by atoms with Crippen LogP contribution in [0.3, 0.4) is 0 Å². The van der Waals surface area contributed by atoms with E-state index in [1.165, 1.54) is 0 Å². The summed E-state index contributed by atoms with van der Waals surface area (Å²) in [6.07, 6.45) is 0. The van der Waals surface area contributed by atoms with Crippen molar-refractivity contribution in [1.82, 2.24) is 0 Å². The van der Waals surface area contributed by atoms with E-state index in [-0.39, 0.29) is 11.1 Å². The lowest BCUT2D eigenvalue weighted by Crippen LogP contribution is -2.01. The molecule has 0 unspecified atom stereocenters. The Morgan fingerprint density at radius 2 is 1.15 bits per heavy atom. The molecule has 0 radical (unpaired) electrons. The highest BCUT2D eigenvalue weighted by Crippen LogP contribution is 2.57. The van der Waals surface area contributed by atoms with Crippen molar-refractivity contribution in [2.45, 2.75) is 0 Å². The predicted molar refractivity (Wildman–Crippen MR) is 154 cm³/mol. The summed E-state index contributed by atoms with van der Waals surface area (Å²) in [6, 6.07) is 9.71. The number of benzene rings is 3. The van der Waals surface area contributed by atoms with Crippen LogP contribution in [0.4, 0.5) is 27.6 Å². The number of rotatable bonds is 2. The summed E-state index contributed by atoms with van der Waals surface area (Å²) in [5.74, 6) is -7.18. The molecular formula is C34H5F5N8. The SMILES string of the molecule is [C-]#[N+]C1=C(c2cc(F)c(F)cc2[N+]#[C-])/C(=C(/C#N)[N+]#[C-])c2cc3c(c(F)c21)/C(=C(/C#N)[N+]#[C-])C(c1cc(F)c(F)cc1C#N)=C3C#N. The maximum Gasteiger partial charge on any atom is 0.270 e. The number of fused-ring (bicyclic) bond motifs is 2. The van der Waals surface area contributed by atoms with Crippen LogP contribution in [0.5, 0.6) is 0 Å². The molecular weight excluding hydrogens is 615 g/mol. The van der Waals surface area contributed by atoms with E-state index in [2.05, 4.69) is 19.4 Å². The molecule has 0 atom stereocenters. The van der Waals surface area contributed by atoms with E-state index in [0.29, 0.717) is 24.3 Å². The van der Waals surface area contributed by atoms with E-state index in [1.54, 1.807) is 24.3 Å². The number of hydrogen-bond acceptors (Lipinski definition) is 4. The highest BCUT2D eigenvalue weighted by Gasteiger charge is 2.41. The van der Waals surface area contributed by atoms with Gasteiger partial charge < -0.3 is 0 Å². The van der Waals surface area contributed by atoms with Crippen molar-refractivity contribution in [2.75, 3.05) is 0 Å². The van der Waals surface area contributed by atoms with Crippen molar-refractivity contribution in [2.24, 2.45) is 0 Å². The van der Waals surface area contributed by atoms with Gasteiger partial charge in [-0.3, -0.25) is 0 Å². The monoisotopic (exact) mass is 620 g/mol. The highest BCUT2D eigenvalue weighted by atomic mass is 19.2. The van der Waals surface area contributed by atoms with Crippen LogP contribution in [0.2, 0.25) is 0 Å². The molecule has 2 aliphatic rings. The molecule has 0 saturated carbocycles. The molecule has 0 saturated heterocycles. The van der Waals surface area contributed by atoms with Gasteiger partial charge in [-0.1, -0.05) is 0 Å². The minimum Gasteiger partial charge on any atom is -0.237 e. The third-order valence-corrected chi connectivity index (χ3v) is 7.29. The molecule has 0 N–H and O–H groups in total. The van der Waals surface area contributed by atoms with Crippen LogP contribution in [0.15, 0.2) is 41.7 Å². The first-order valence-corrected chi connectivity index (χ1v) is 12.5. The second-order valence-electron chi connectivity index (χ2n) is 9.45. The van der Waals surface area contributed by atoms with E-state index < -0.39 is 108 Å². The summed E-state index contributed by atoms with van der Waals surface area (Å²) in [7, 11) is 0. The van der Waals surface area contributed by atoms with Gasteiger partial charge >= 0.3 is 0 Å². The molecule has 3 aromatic carbocycles. The van der Waals surface area contributed by atoms with E-state index in [0.717, 1.165) is 6.07 Å². The molecule has 0 amide bonds. The maximum atomic E-state index is 17.0. The Morgan fingerprint density at radius 1 is 0.574 bits per heavy atom. The minimum absolute atomic E-state index is 0.365. The Balaban J connectivity index is 2.03. The highest BCUT2D eigenvalue weighted by molar-refractivity contribution is 6.29. The van der Waals surface area contributed by atoms with Gasteiger partial charge in [0.25, 0.3) is 11.4 Å². The third-order valence-electron chi connectivity index (χ3n) is 7.29. The standard InChI is InChI=1S/C34H5F5N8/c1-44-24-9-23(38)22(37)8-17(24)30-28(25(12-42)45-2)18-6-16-19(11-41)27(15-7-21(36)20(35)5-14(15)10-40)32(26(13-43)46-3)29(16)33(39)31(18)34(30)47-4/h5-9H/b28-25-,32-26-. The number of nitrogens with zero attached hydrogens (tertiary/aromatic N) is 8. The zero-order valence-corrected chi connectivity index (χ0v) is 22.9. The largest absolute Gasteiger partial charge is 0.270 e. The van der Waals surface area contributed by atoms with Crippen LogP contribution in [-0.4, -0.2) is 0 Å². The first-order valence-electron chi connectivity index (χ1n) is 12.5. The van der Waals surface area contributed by atoms with Gasteiger partial charge in [-0.15, -0.1) is 0 Å². The van der Waals surface area contributed by atoms with Gasteiger partial charge in [0.15, 0.2) is 23.1 Å². The number of nitriles is 4. The van der Waals surface area contributed by atoms with Gasteiger partial charge in [0.05, 0.1) is 55.6 Å². The van der Waals surface area contributed by atoms with Crippen molar-refractivity contribution in [1.29, 1.82) is 21.0 Å². The zero-order valence-electron chi connectivity index (χ0n) is 22.9. The second kappa shape index (κ2) is 11.4. The molecule has 0 aromatic heterocycles. The summed E-state index contributed by atoms with van der Waals surface area (Å²) in [4.78, 5) is 12.8. The van der Waals surface area contributed by atoms with Gasteiger partial charge in [-0.05, 0) is 58.2 Å². The summed E-state index contributed by atoms with van der Waals surface area (Å²) in [5, 5.41) is 39.7. The topological polar surface area (TPSA) is 113 Å². The van der Waals surface area contributed by atoms with Crippen LogP contribution < -0.4 is 0 Å². The number of halogens is 5. The molecule has 0 bridgehead atoms. The smallest absolute Gasteiger partial charge is 0.237 e. The van der Waals surface area contributed by atoms with Crippen molar-refractivity contribution in [3.63, 3.8) is 0 Å². The number of allylic oxidation sites excluding steroid dienone is 7. The Bertz CT molecular complexity index is 2520. The summed E-state index contributed by atoms with van der Waals surface area (Å²) in [6.45, 7) is 30.5. The molecule has 0 heterocycles. The average Bonchev–Trinajstić information content (AvgIpc) is 3.57. The van der Waals surface area contributed by atoms with Crippen molar-refractivity contribution in [3.05, 3.63) is 155 Å². The van der Waals surface area contributed by atoms with Crippen LogP contribution in [-0.2, 0) is 0 Å². The van der Waals surface area contributed by atoms with Crippen LogP contribution in [0.1, 0.15) is 38.9 Å². The van der Waals surface area contributed by atoms with E-state index in [4.69, 9.17) is 26.3 Å². The second-order valence-corrected chi connectivity index (χ2v) is 9.45. The molecule has 0 fully saturated rings. The lowest BCUT2D eigenvalue weighted by atomic mass is 9.90. The zero-order chi connectivity index (χ0) is 34.3. The molecule has 47 heavy (non-hydrogen) atoms. The molecule has 2 aliphatic carbocycles. The van der Waals surface area contributed by atoms with Crippen LogP contribution >= 0.6 is 0 Å². The molecule has 3 aromatic rings. The van der Waals surface area contributed by atoms with E-state index >= 15 is 4.39 Å². The summed E-state index contributed by atoms with van der Waals surface area (Å²) < 4.78 is 74.3. The fraction of sp³-hybridized carbons (Fsp3) is 0. The van der Waals surface area contributed by atoms with Crippen molar-refractivity contribution < 1.29 is 22.0 Å². The van der Waals surface area contributed by atoms with Crippen molar-refractivity contribution in [3.8, 4) is 24.3 Å².